The highest BCUT2D eigenvalue weighted by Gasteiger charge is 2.22. The minimum Gasteiger partial charge on any atom is -0.314 e. The van der Waals surface area contributed by atoms with Crippen LogP contribution in [0, 0.1) is 12.8 Å². The number of hydrogen-bond acceptors (Lipinski definition) is 2. The summed E-state index contributed by atoms with van der Waals surface area (Å²) in [6.07, 6.45) is 5.06. The predicted octanol–water partition coefficient (Wildman–Crippen LogP) is 4.97. The number of hydrogen-bond donors (Lipinski definition) is 1. The Morgan fingerprint density at radius 3 is 2.62 bits per heavy atom. The van der Waals surface area contributed by atoms with Gasteiger partial charge in [0.05, 0.1) is 0 Å². The Morgan fingerprint density at radius 1 is 1.24 bits per heavy atom. The van der Waals surface area contributed by atoms with Gasteiger partial charge >= 0.3 is 0 Å². The summed E-state index contributed by atoms with van der Waals surface area (Å²) in [5, 5.41) is 5.90. The number of aryl methyl sites for hydroxylation is 1. The summed E-state index contributed by atoms with van der Waals surface area (Å²) in [5.41, 5.74) is 2.80. The minimum absolute atomic E-state index is 0.679. The van der Waals surface area contributed by atoms with Gasteiger partial charge in [0.1, 0.15) is 0 Å². The van der Waals surface area contributed by atoms with Crippen molar-refractivity contribution < 1.29 is 0 Å². The second-order valence-corrected chi connectivity index (χ2v) is 8.09. The molecule has 1 heterocycles. The van der Waals surface area contributed by atoms with E-state index < -0.39 is 0 Å². The molecule has 1 aromatic carbocycles. The Morgan fingerprint density at radius 2 is 2.00 bits per heavy atom. The Labute approximate surface area is 139 Å². The minimum atomic E-state index is 0.679. The van der Waals surface area contributed by atoms with Gasteiger partial charge in [-0.15, -0.1) is 11.3 Å². The second-order valence-electron chi connectivity index (χ2n) is 6.17. The van der Waals surface area contributed by atoms with Crippen LogP contribution in [-0.2, 0) is 12.8 Å². The Hall–Kier alpha value is -0.640. The zero-order valence-corrected chi connectivity index (χ0v) is 14.8. The second kappa shape index (κ2) is 7.08. The van der Waals surface area contributed by atoms with E-state index in [1.807, 2.05) is 11.3 Å². The van der Waals surface area contributed by atoms with Gasteiger partial charge in [0.2, 0.25) is 0 Å². The van der Waals surface area contributed by atoms with Gasteiger partial charge in [-0.05, 0) is 72.6 Å². The molecule has 0 saturated heterocycles. The van der Waals surface area contributed by atoms with Gasteiger partial charge in [-0.1, -0.05) is 29.8 Å². The molecule has 2 aromatic rings. The van der Waals surface area contributed by atoms with Crippen LogP contribution in [0.2, 0.25) is 0 Å². The highest BCUT2D eigenvalue weighted by Crippen LogP contribution is 2.25. The standard InChI is InChI=1S/C18H22BrNS/c1-13-2-4-14(5-3-13)8-15(11-20-17-6-7-17)9-18-10-16(19)12-21-18/h2-5,10,12,15,17,20H,6-9,11H2,1H3. The van der Waals surface area contributed by atoms with Crippen molar-refractivity contribution in [1.29, 1.82) is 0 Å². The van der Waals surface area contributed by atoms with E-state index in [-0.39, 0.29) is 0 Å². The van der Waals surface area contributed by atoms with Crippen LogP contribution in [0.3, 0.4) is 0 Å². The SMILES string of the molecule is Cc1ccc(CC(CNC2CC2)Cc2cc(Br)cs2)cc1. The monoisotopic (exact) mass is 363 g/mol. The van der Waals surface area contributed by atoms with Crippen molar-refractivity contribution in [1.82, 2.24) is 5.32 Å². The van der Waals surface area contributed by atoms with Crippen LogP contribution in [0.5, 0.6) is 0 Å². The smallest absolute Gasteiger partial charge is 0.0285 e. The molecule has 0 radical (unpaired) electrons. The fourth-order valence-corrected chi connectivity index (χ4v) is 4.21. The van der Waals surface area contributed by atoms with Crippen LogP contribution in [0.1, 0.15) is 28.8 Å². The summed E-state index contributed by atoms with van der Waals surface area (Å²) >= 11 is 5.43. The third-order valence-corrected chi connectivity index (χ3v) is 5.75. The summed E-state index contributed by atoms with van der Waals surface area (Å²) in [4.78, 5) is 1.48. The lowest BCUT2D eigenvalue weighted by Crippen LogP contribution is -2.27. The molecule has 0 aliphatic heterocycles. The molecule has 1 aromatic heterocycles. The highest BCUT2D eigenvalue weighted by molar-refractivity contribution is 9.10. The maximum atomic E-state index is 3.71. The highest BCUT2D eigenvalue weighted by atomic mass is 79.9. The molecule has 0 bridgehead atoms. The van der Waals surface area contributed by atoms with Crippen molar-refractivity contribution in [2.24, 2.45) is 5.92 Å². The molecule has 1 nitrogen and oxygen atoms in total. The summed E-state index contributed by atoms with van der Waals surface area (Å²) in [5.74, 6) is 0.679. The van der Waals surface area contributed by atoms with E-state index in [0.717, 1.165) is 19.0 Å². The lowest BCUT2D eigenvalue weighted by Gasteiger charge is -2.17. The molecule has 112 valence electrons. The van der Waals surface area contributed by atoms with Crippen molar-refractivity contribution in [3.8, 4) is 0 Å². The molecular weight excluding hydrogens is 342 g/mol. The molecule has 1 aliphatic carbocycles. The summed E-state index contributed by atoms with van der Waals surface area (Å²) in [7, 11) is 0. The Kier molecular flexibility index (Phi) is 5.15. The molecular formula is C18H22BrNS. The molecule has 3 rings (SSSR count). The first-order chi connectivity index (χ1) is 10.2. The molecule has 1 unspecified atom stereocenters. The number of rotatable bonds is 7. The van der Waals surface area contributed by atoms with Gasteiger partial charge in [-0.25, -0.2) is 0 Å². The fourth-order valence-electron chi connectivity index (χ4n) is 2.64. The average molecular weight is 364 g/mol. The number of nitrogens with one attached hydrogen (secondary N) is 1. The molecule has 1 aliphatic rings. The maximum absolute atomic E-state index is 3.71. The summed E-state index contributed by atoms with van der Waals surface area (Å²) in [6, 6.07) is 12.1. The van der Waals surface area contributed by atoms with E-state index in [1.54, 1.807) is 0 Å². The van der Waals surface area contributed by atoms with E-state index in [4.69, 9.17) is 0 Å². The maximum Gasteiger partial charge on any atom is 0.0285 e. The molecule has 1 atom stereocenters. The zero-order chi connectivity index (χ0) is 14.7. The predicted molar refractivity (Wildman–Crippen MR) is 95.1 cm³/mol. The average Bonchev–Trinajstić information content (AvgIpc) is 3.21. The van der Waals surface area contributed by atoms with Crippen LogP contribution in [0.25, 0.3) is 0 Å². The quantitative estimate of drug-likeness (QED) is 0.731. The van der Waals surface area contributed by atoms with Gasteiger partial charge in [0, 0.05) is 20.8 Å². The van der Waals surface area contributed by atoms with Gasteiger partial charge in [0.25, 0.3) is 0 Å². The van der Waals surface area contributed by atoms with E-state index >= 15 is 0 Å². The van der Waals surface area contributed by atoms with E-state index in [9.17, 15) is 0 Å². The lowest BCUT2D eigenvalue weighted by molar-refractivity contribution is 0.471. The van der Waals surface area contributed by atoms with Gasteiger partial charge < -0.3 is 5.32 Å². The number of benzene rings is 1. The summed E-state index contributed by atoms with van der Waals surface area (Å²) in [6.45, 7) is 3.28. The van der Waals surface area contributed by atoms with Crippen molar-refractivity contribution in [3.05, 3.63) is 56.2 Å². The van der Waals surface area contributed by atoms with Crippen LogP contribution >= 0.6 is 27.3 Å². The van der Waals surface area contributed by atoms with Gasteiger partial charge in [-0.2, -0.15) is 0 Å². The van der Waals surface area contributed by atoms with Gasteiger partial charge in [-0.3, -0.25) is 0 Å². The zero-order valence-electron chi connectivity index (χ0n) is 12.4. The topological polar surface area (TPSA) is 12.0 Å². The lowest BCUT2D eigenvalue weighted by atomic mass is 9.95. The van der Waals surface area contributed by atoms with Crippen molar-refractivity contribution in [3.63, 3.8) is 0 Å². The first-order valence-electron chi connectivity index (χ1n) is 7.71. The Balaban J connectivity index is 1.63. The van der Waals surface area contributed by atoms with Crippen LogP contribution < -0.4 is 5.32 Å². The van der Waals surface area contributed by atoms with E-state index in [0.29, 0.717) is 5.92 Å². The van der Waals surface area contributed by atoms with Crippen LogP contribution in [0.15, 0.2) is 40.2 Å². The summed E-state index contributed by atoms with van der Waals surface area (Å²) < 4.78 is 1.21. The van der Waals surface area contributed by atoms with Crippen molar-refractivity contribution in [2.75, 3.05) is 6.54 Å². The molecule has 1 fully saturated rings. The number of thiophene rings is 1. The fraction of sp³-hybridized carbons (Fsp3) is 0.444. The van der Waals surface area contributed by atoms with Crippen LogP contribution in [-0.4, -0.2) is 12.6 Å². The van der Waals surface area contributed by atoms with Crippen molar-refractivity contribution in [2.45, 2.75) is 38.6 Å². The van der Waals surface area contributed by atoms with E-state index in [2.05, 4.69) is 63.9 Å². The third kappa shape index (κ3) is 4.94. The molecule has 0 spiro atoms. The van der Waals surface area contributed by atoms with E-state index in [1.165, 1.54) is 39.7 Å². The first kappa shape index (κ1) is 15.3. The van der Waals surface area contributed by atoms with Crippen molar-refractivity contribution >= 4 is 27.3 Å². The molecule has 1 saturated carbocycles. The molecule has 0 amide bonds. The normalized spacial score (nSPS) is 16.1. The van der Waals surface area contributed by atoms with Gasteiger partial charge in [0.15, 0.2) is 0 Å². The molecule has 3 heteroatoms. The molecule has 1 N–H and O–H groups in total. The first-order valence-corrected chi connectivity index (χ1v) is 9.38. The van der Waals surface area contributed by atoms with Crippen LogP contribution in [0.4, 0.5) is 0 Å². The Bertz CT molecular complexity index is 571. The molecule has 21 heavy (non-hydrogen) atoms. The largest absolute Gasteiger partial charge is 0.314 e. The third-order valence-electron chi connectivity index (χ3n) is 4.03. The number of halogens is 1.